The van der Waals surface area contributed by atoms with E-state index in [1.165, 1.54) is 146 Å². The molecule has 4 aromatic rings. The molecule has 0 N–H and O–H groups in total. The Morgan fingerprint density at radius 2 is 0.877 bits per heavy atom. The molecule has 7 heteroatoms. The van der Waals surface area contributed by atoms with Crippen LogP contribution in [0.1, 0.15) is 184 Å². The maximum absolute atomic E-state index is 14.6. The number of carbonyl (C=O) groups excluding carboxylic acids is 2. The highest BCUT2D eigenvalue weighted by atomic mass is 32.1. The lowest BCUT2D eigenvalue weighted by Gasteiger charge is -2.08. The van der Waals surface area contributed by atoms with Crippen LogP contribution < -0.4 is 0 Å². The number of imide groups is 1. The first kappa shape index (κ1) is 50.9. The summed E-state index contributed by atoms with van der Waals surface area (Å²) in [7, 11) is 0. The number of nitrogens with zero attached hydrogens (tertiary/aromatic N) is 1. The van der Waals surface area contributed by atoms with E-state index >= 15 is 0 Å². The van der Waals surface area contributed by atoms with Crippen LogP contribution in [0.3, 0.4) is 0 Å². The molecular formula is C58H61NO2S4. The number of carbonyl (C=O) groups is 2. The summed E-state index contributed by atoms with van der Waals surface area (Å²) in [5.74, 6) is 29.7. The molecule has 0 saturated heterocycles. The fourth-order valence-electron chi connectivity index (χ4n) is 8.02. The molecule has 4 aromatic heterocycles. The van der Waals surface area contributed by atoms with Gasteiger partial charge >= 0.3 is 0 Å². The summed E-state index contributed by atoms with van der Waals surface area (Å²) in [4.78, 5) is 39.0. The number of hydrogen-bond acceptors (Lipinski definition) is 6. The zero-order valence-electron chi connectivity index (χ0n) is 38.8. The predicted molar refractivity (Wildman–Crippen MR) is 281 cm³/mol. The average Bonchev–Trinajstić information content (AvgIpc) is 4.13. The number of unbranched alkanes of at least 4 members (excludes halogenated alkanes) is 18. The predicted octanol–water partition coefficient (Wildman–Crippen LogP) is 15.7. The van der Waals surface area contributed by atoms with Crippen LogP contribution in [0, 0.1) is 97.4 Å². The third-order valence-electron chi connectivity index (χ3n) is 11.3. The fraction of sp³-hybridized carbons (Fsp3) is 0.448. The average molecular weight is 932 g/mol. The van der Waals surface area contributed by atoms with Crippen molar-refractivity contribution >= 4 is 57.2 Å². The van der Waals surface area contributed by atoms with E-state index in [9.17, 15) is 9.59 Å². The third kappa shape index (κ3) is 15.8. The molecular weight excluding hydrogens is 871 g/mol. The van der Waals surface area contributed by atoms with Crippen molar-refractivity contribution in [3.63, 3.8) is 0 Å². The first-order valence-electron chi connectivity index (χ1n) is 23.7. The molecule has 334 valence electrons. The van der Waals surface area contributed by atoms with Crippen LogP contribution in [-0.2, 0) is 12.8 Å². The molecule has 0 spiro atoms. The van der Waals surface area contributed by atoms with Crippen LogP contribution in [0.4, 0.5) is 0 Å². The van der Waals surface area contributed by atoms with Crippen LogP contribution >= 0.6 is 45.3 Å². The first-order chi connectivity index (χ1) is 31.9. The van der Waals surface area contributed by atoms with Crippen LogP contribution in [0.15, 0.2) is 24.3 Å². The fourth-order valence-corrected chi connectivity index (χ4v) is 12.9. The highest BCUT2D eigenvalue weighted by Gasteiger charge is 2.43. The van der Waals surface area contributed by atoms with Crippen LogP contribution in [0.5, 0.6) is 0 Å². The van der Waals surface area contributed by atoms with E-state index in [4.69, 9.17) is 6.42 Å². The summed E-state index contributed by atoms with van der Waals surface area (Å²) in [6.07, 6.45) is 32.5. The minimum Gasteiger partial charge on any atom is -0.267 e. The third-order valence-corrected chi connectivity index (χ3v) is 16.3. The number of fused-ring (bicyclic) bond motifs is 1. The van der Waals surface area contributed by atoms with Crippen LogP contribution in [-0.4, -0.2) is 16.7 Å². The molecule has 0 aliphatic carbocycles. The zero-order valence-corrected chi connectivity index (χ0v) is 42.1. The lowest BCUT2D eigenvalue weighted by atomic mass is 10.0. The van der Waals surface area contributed by atoms with Crippen molar-refractivity contribution in [1.82, 2.24) is 4.90 Å². The molecule has 0 unspecified atom stereocenters. The van der Waals surface area contributed by atoms with Crippen molar-refractivity contribution in [2.45, 2.75) is 169 Å². The number of amides is 2. The zero-order chi connectivity index (χ0) is 46.1. The lowest BCUT2D eigenvalue weighted by Crippen LogP contribution is -2.24. The monoisotopic (exact) mass is 931 g/mol. The van der Waals surface area contributed by atoms with Crippen molar-refractivity contribution in [1.29, 1.82) is 0 Å². The molecule has 0 aromatic carbocycles. The van der Waals surface area contributed by atoms with Gasteiger partial charge in [-0.3, -0.25) is 9.59 Å². The van der Waals surface area contributed by atoms with E-state index in [2.05, 4.69) is 129 Å². The van der Waals surface area contributed by atoms with E-state index < -0.39 is 11.8 Å². The molecule has 65 heavy (non-hydrogen) atoms. The summed E-state index contributed by atoms with van der Waals surface area (Å²) >= 11 is 6.89. The molecule has 5 rings (SSSR count). The molecule has 3 nitrogen and oxygen atoms in total. The second-order valence-corrected chi connectivity index (χ2v) is 21.2. The highest BCUT2D eigenvalue weighted by molar-refractivity contribution is 7.29. The summed E-state index contributed by atoms with van der Waals surface area (Å²) in [6, 6.07) is 11.8. The Hall–Kier alpha value is -5.14. The summed E-state index contributed by atoms with van der Waals surface area (Å²) in [6.45, 7) is 8.82. The van der Waals surface area contributed by atoms with Gasteiger partial charge in [0.2, 0.25) is 0 Å². The van der Waals surface area contributed by atoms with Gasteiger partial charge in [-0.1, -0.05) is 129 Å². The van der Waals surface area contributed by atoms with Crippen molar-refractivity contribution < 1.29 is 9.59 Å². The van der Waals surface area contributed by atoms with Gasteiger partial charge in [0.25, 0.3) is 11.8 Å². The van der Waals surface area contributed by atoms with Crippen molar-refractivity contribution in [2.24, 2.45) is 0 Å². The Balaban J connectivity index is 1.44. The number of terminal acetylenes is 1. The Morgan fingerprint density at radius 3 is 1.34 bits per heavy atom. The number of rotatable bonds is 25. The Labute approximate surface area is 407 Å². The Morgan fingerprint density at radius 1 is 0.446 bits per heavy atom. The molecule has 0 bridgehead atoms. The Bertz CT molecular complexity index is 2670. The summed E-state index contributed by atoms with van der Waals surface area (Å²) in [5.41, 5.74) is 3.45. The smallest absolute Gasteiger partial charge is 0.267 e. The van der Waals surface area contributed by atoms with Gasteiger partial charge < -0.3 is 0 Å². The van der Waals surface area contributed by atoms with E-state index in [-0.39, 0.29) is 0 Å². The van der Waals surface area contributed by atoms with Crippen LogP contribution in [0.2, 0.25) is 0 Å². The summed E-state index contributed by atoms with van der Waals surface area (Å²) in [5, 5.41) is 0. The molecule has 1 aliphatic heterocycles. The van der Waals surface area contributed by atoms with Gasteiger partial charge in [-0.2, -0.15) is 4.90 Å². The number of aryl methyl sites for hydroxylation is 4. The Kier molecular flexibility index (Phi) is 22.5. The van der Waals surface area contributed by atoms with Gasteiger partial charge in [0.05, 0.1) is 20.9 Å². The molecule has 0 saturated carbocycles. The number of hydrogen-bond donors (Lipinski definition) is 0. The van der Waals surface area contributed by atoms with Gasteiger partial charge in [0, 0.05) is 70.8 Å². The van der Waals surface area contributed by atoms with Crippen molar-refractivity contribution in [2.75, 3.05) is 0 Å². The minimum absolute atomic E-state index is 0.391. The second-order valence-electron chi connectivity index (χ2n) is 16.5. The maximum Gasteiger partial charge on any atom is 0.275 e. The topological polar surface area (TPSA) is 37.4 Å². The quantitative estimate of drug-likeness (QED) is 0.0377. The molecule has 5 heterocycles. The van der Waals surface area contributed by atoms with Crippen molar-refractivity contribution in [3.05, 3.63) is 56.3 Å². The summed E-state index contributed by atoms with van der Waals surface area (Å²) < 4.78 is 0. The van der Waals surface area contributed by atoms with E-state index in [0.717, 1.165) is 50.1 Å². The highest BCUT2D eigenvalue weighted by Crippen LogP contribution is 2.52. The first-order valence-corrected chi connectivity index (χ1v) is 27.0. The lowest BCUT2D eigenvalue weighted by molar-refractivity contribution is 0.0735. The molecule has 1 aliphatic rings. The molecule has 2 amide bonds. The van der Waals surface area contributed by atoms with E-state index in [1.807, 2.05) is 0 Å². The largest absolute Gasteiger partial charge is 0.275 e. The number of thiophene rings is 4. The van der Waals surface area contributed by atoms with Crippen molar-refractivity contribution in [3.8, 4) is 113 Å². The SMILES string of the molecule is C#CC#CC#CC#CC#CC#CC#CN1C(=O)c2c(-c3sc(C)cc3CCCCCCCCCCCC)sc(-c3sc(-c4ccc(C)s4)cc3CCCCCCCCCCCC)c2C1=O. The molecule has 0 radical (unpaired) electrons. The van der Waals surface area contributed by atoms with Gasteiger partial charge in [-0.25, -0.2) is 0 Å². The minimum atomic E-state index is -0.392. The van der Waals surface area contributed by atoms with E-state index in [0.29, 0.717) is 11.1 Å². The van der Waals surface area contributed by atoms with Gasteiger partial charge in [-0.15, -0.1) is 51.8 Å². The van der Waals surface area contributed by atoms with Crippen LogP contribution in [0.25, 0.3) is 29.3 Å². The standard InChI is InChI=1S/C58H61NO2S4/c1-6-9-12-15-18-21-24-25-28-31-34-37-42-59-57(60)51-52(58(59)61)56(65-55(51)53-47(43-46(5)63-53)38-35-32-29-26-22-19-16-13-10-7-2)54-48(44-50(64-54)49-41-40-45(4)62-49)39-36-33-30-27-23-20-17-14-11-8-3/h1,40-41,43-44H,7-8,10-11,13-14,16-17,19-20,22-23,26-27,29-30,32-33,35-36,38-39H2,2-5H3. The maximum atomic E-state index is 14.6. The molecule has 0 atom stereocenters. The van der Waals surface area contributed by atoms with Gasteiger partial charge in [-0.05, 0) is 110 Å². The molecule has 0 fully saturated rings. The van der Waals surface area contributed by atoms with Gasteiger partial charge in [0.15, 0.2) is 0 Å². The van der Waals surface area contributed by atoms with Gasteiger partial charge in [0.1, 0.15) is 0 Å². The van der Waals surface area contributed by atoms with E-state index in [1.54, 1.807) is 45.3 Å². The second kappa shape index (κ2) is 28.7. The normalized spacial score (nSPS) is 11.1.